The van der Waals surface area contributed by atoms with Crippen LogP contribution in [-0.4, -0.2) is 46.1 Å². The number of aromatic nitrogens is 4. The van der Waals surface area contributed by atoms with Crippen LogP contribution in [0.25, 0.3) is 5.65 Å². The third-order valence-corrected chi connectivity index (χ3v) is 2.83. The molecule has 3 heterocycles. The Morgan fingerprint density at radius 3 is 2.82 bits per heavy atom. The third-order valence-electron chi connectivity index (χ3n) is 2.83. The van der Waals surface area contributed by atoms with Crippen molar-refractivity contribution in [3.05, 3.63) is 18.0 Å². The Kier molecular flexibility index (Phi) is 2.62. The van der Waals surface area contributed by atoms with E-state index in [2.05, 4.69) is 20.2 Å². The molecule has 90 valence electrons. The average Bonchev–Trinajstić information content (AvgIpc) is 2.81. The molecule has 0 spiro atoms. The molecule has 0 aromatic carbocycles. The van der Waals surface area contributed by atoms with E-state index in [0.717, 1.165) is 37.8 Å². The number of ether oxygens (including phenoxy) is 1. The Hall–Kier alpha value is -1.73. The van der Waals surface area contributed by atoms with E-state index in [9.17, 15) is 0 Å². The second-order valence-electron chi connectivity index (χ2n) is 3.88. The predicted molar refractivity (Wildman–Crippen MR) is 61.7 cm³/mol. The monoisotopic (exact) mass is 234 g/mol. The van der Waals surface area contributed by atoms with Crippen molar-refractivity contribution < 1.29 is 4.74 Å². The maximum atomic E-state index is 5.59. The van der Waals surface area contributed by atoms with Crippen LogP contribution in [-0.2, 0) is 11.3 Å². The number of nitrogens with zero attached hydrogens (tertiary/aromatic N) is 5. The molecule has 17 heavy (non-hydrogen) atoms. The number of fused-ring (bicyclic) bond motifs is 1. The quantitative estimate of drug-likeness (QED) is 0.748. The van der Waals surface area contributed by atoms with Crippen molar-refractivity contribution in [1.29, 1.82) is 0 Å². The minimum Gasteiger partial charge on any atom is -0.378 e. The van der Waals surface area contributed by atoms with E-state index >= 15 is 0 Å². The molecule has 7 heteroatoms. The fraction of sp³-hybridized carbons (Fsp3) is 0.500. The van der Waals surface area contributed by atoms with Gasteiger partial charge in [0.25, 0.3) is 0 Å². The van der Waals surface area contributed by atoms with Crippen LogP contribution in [0.4, 0.5) is 5.82 Å². The Labute approximate surface area is 98.2 Å². The fourth-order valence-electron chi connectivity index (χ4n) is 1.91. The molecule has 1 fully saturated rings. The van der Waals surface area contributed by atoms with Crippen molar-refractivity contribution in [2.45, 2.75) is 6.54 Å². The summed E-state index contributed by atoms with van der Waals surface area (Å²) in [7, 11) is 0. The minimum atomic E-state index is 0.334. The first-order chi connectivity index (χ1) is 8.38. The summed E-state index contributed by atoms with van der Waals surface area (Å²) in [4.78, 5) is 2.18. The summed E-state index contributed by atoms with van der Waals surface area (Å²) in [5.74, 6) is 1.59. The molecule has 0 unspecified atom stereocenters. The highest BCUT2D eigenvalue weighted by Gasteiger charge is 2.14. The van der Waals surface area contributed by atoms with Gasteiger partial charge in [0.2, 0.25) is 0 Å². The summed E-state index contributed by atoms with van der Waals surface area (Å²) in [6.45, 7) is 3.54. The normalized spacial score (nSPS) is 16.6. The summed E-state index contributed by atoms with van der Waals surface area (Å²) in [6.07, 6.45) is 0. The van der Waals surface area contributed by atoms with Gasteiger partial charge in [-0.15, -0.1) is 15.3 Å². The van der Waals surface area contributed by atoms with Crippen LogP contribution >= 0.6 is 0 Å². The smallest absolute Gasteiger partial charge is 0.178 e. The molecule has 1 saturated heterocycles. The molecule has 1 aliphatic rings. The van der Waals surface area contributed by atoms with Gasteiger partial charge in [-0.25, -0.2) is 0 Å². The molecular weight excluding hydrogens is 220 g/mol. The number of rotatable bonds is 2. The zero-order valence-corrected chi connectivity index (χ0v) is 9.41. The van der Waals surface area contributed by atoms with E-state index in [1.165, 1.54) is 0 Å². The van der Waals surface area contributed by atoms with Crippen molar-refractivity contribution >= 4 is 11.5 Å². The van der Waals surface area contributed by atoms with Crippen LogP contribution in [0.1, 0.15) is 5.82 Å². The molecule has 1 aliphatic heterocycles. The van der Waals surface area contributed by atoms with E-state index in [0.29, 0.717) is 12.4 Å². The Morgan fingerprint density at radius 1 is 1.24 bits per heavy atom. The molecule has 2 N–H and O–H groups in total. The minimum absolute atomic E-state index is 0.334. The molecule has 2 aromatic heterocycles. The van der Waals surface area contributed by atoms with E-state index in [1.807, 2.05) is 12.1 Å². The molecule has 0 bridgehead atoms. The van der Waals surface area contributed by atoms with Gasteiger partial charge in [0.15, 0.2) is 11.5 Å². The first-order valence-electron chi connectivity index (χ1n) is 5.62. The van der Waals surface area contributed by atoms with Crippen molar-refractivity contribution in [3.63, 3.8) is 0 Å². The molecule has 7 nitrogen and oxygen atoms in total. The lowest BCUT2D eigenvalue weighted by molar-refractivity contribution is 0.122. The van der Waals surface area contributed by atoms with Crippen LogP contribution in [0.2, 0.25) is 0 Å². The number of hydrogen-bond acceptors (Lipinski definition) is 6. The Bertz CT molecular complexity index is 518. The van der Waals surface area contributed by atoms with Gasteiger partial charge in [0.05, 0.1) is 19.8 Å². The molecule has 0 atom stereocenters. The first-order valence-corrected chi connectivity index (χ1v) is 5.62. The molecule has 0 aliphatic carbocycles. The molecule has 0 radical (unpaired) electrons. The van der Waals surface area contributed by atoms with Crippen molar-refractivity contribution in [1.82, 2.24) is 19.8 Å². The standard InChI is InChI=1S/C10H14N6O/c11-7-10-13-12-8-1-2-9(14-16(8)10)15-3-5-17-6-4-15/h1-2H,3-7,11H2. The maximum absolute atomic E-state index is 5.59. The summed E-state index contributed by atoms with van der Waals surface area (Å²) < 4.78 is 7.02. The van der Waals surface area contributed by atoms with E-state index in [4.69, 9.17) is 10.5 Å². The zero-order valence-electron chi connectivity index (χ0n) is 9.41. The van der Waals surface area contributed by atoms with Gasteiger partial charge in [0, 0.05) is 13.1 Å². The Balaban J connectivity index is 1.99. The lowest BCUT2D eigenvalue weighted by Gasteiger charge is -2.27. The molecular formula is C10H14N6O. The first kappa shape index (κ1) is 10.4. The van der Waals surface area contributed by atoms with Gasteiger partial charge in [-0.3, -0.25) is 0 Å². The van der Waals surface area contributed by atoms with Crippen LogP contribution < -0.4 is 10.6 Å². The van der Waals surface area contributed by atoms with Gasteiger partial charge in [-0.05, 0) is 12.1 Å². The topological polar surface area (TPSA) is 81.6 Å². The van der Waals surface area contributed by atoms with E-state index in [-0.39, 0.29) is 0 Å². The van der Waals surface area contributed by atoms with Crippen LogP contribution in [0, 0.1) is 0 Å². The lowest BCUT2D eigenvalue weighted by atomic mass is 10.4. The summed E-state index contributed by atoms with van der Waals surface area (Å²) >= 11 is 0. The molecule has 0 amide bonds. The summed E-state index contributed by atoms with van der Waals surface area (Å²) in [6, 6.07) is 3.86. The van der Waals surface area contributed by atoms with Crippen molar-refractivity contribution in [3.8, 4) is 0 Å². The van der Waals surface area contributed by atoms with Crippen molar-refractivity contribution in [2.24, 2.45) is 5.73 Å². The van der Waals surface area contributed by atoms with Crippen LogP contribution in [0.15, 0.2) is 12.1 Å². The number of anilines is 1. The summed E-state index contributed by atoms with van der Waals surface area (Å²) in [5, 5.41) is 12.5. The predicted octanol–water partition coefficient (Wildman–Crippen LogP) is -0.580. The van der Waals surface area contributed by atoms with E-state index < -0.39 is 0 Å². The van der Waals surface area contributed by atoms with Gasteiger partial charge >= 0.3 is 0 Å². The molecule has 2 aromatic rings. The van der Waals surface area contributed by atoms with Crippen LogP contribution in [0.5, 0.6) is 0 Å². The number of nitrogens with two attached hydrogens (primary N) is 1. The zero-order chi connectivity index (χ0) is 11.7. The highest BCUT2D eigenvalue weighted by Crippen LogP contribution is 2.13. The maximum Gasteiger partial charge on any atom is 0.178 e. The SMILES string of the molecule is NCc1nnc2ccc(N3CCOCC3)nn12. The number of morpholine rings is 1. The molecule has 3 rings (SSSR count). The highest BCUT2D eigenvalue weighted by atomic mass is 16.5. The van der Waals surface area contributed by atoms with Crippen LogP contribution in [0.3, 0.4) is 0 Å². The average molecular weight is 234 g/mol. The van der Waals surface area contributed by atoms with Gasteiger partial charge < -0.3 is 15.4 Å². The Morgan fingerprint density at radius 2 is 2.06 bits per heavy atom. The van der Waals surface area contributed by atoms with Crippen molar-refractivity contribution in [2.75, 3.05) is 31.2 Å². The second kappa shape index (κ2) is 4.27. The third kappa shape index (κ3) is 1.83. The lowest BCUT2D eigenvalue weighted by Crippen LogP contribution is -2.37. The fourth-order valence-corrected chi connectivity index (χ4v) is 1.91. The summed E-state index contributed by atoms with van der Waals surface area (Å²) in [5.41, 5.74) is 6.32. The highest BCUT2D eigenvalue weighted by molar-refractivity contribution is 5.45. The number of hydrogen-bond donors (Lipinski definition) is 1. The second-order valence-corrected chi connectivity index (χ2v) is 3.88. The van der Waals surface area contributed by atoms with Gasteiger partial charge in [0.1, 0.15) is 5.82 Å². The largest absolute Gasteiger partial charge is 0.378 e. The van der Waals surface area contributed by atoms with Gasteiger partial charge in [-0.2, -0.15) is 4.52 Å². The van der Waals surface area contributed by atoms with E-state index in [1.54, 1.807) is 4.52 Å². The molecule has 0 saturated carbocycles. The van der Waals surface area contributed by atoms with Gasteiger partial charge in [-0.1, -0.05) is 0 Å².